The normalized spacial score (nSPS) is 19.9. The molecular formula is C22H21FN8S2. The van der Waals surface area contributed by atoms with Crippen molar-refractivity contribution in [3.63, 3.8) is 0 Å². The van der Waals surface area contributed by atoms with Gasteiger partial charge in [0, 0.05) is 12.7 Å². The summed E-state index contributed by atoms with van der Waals surface area (Å²) in [6.07, 6.45) is 8.46. The van der Waals surface area contributed by atoms with Crippen LogP contribution in [0.3, 0.4) is 0 Å². The summed E-state index contributed by atoms with van der Waals surface area (Å²) in [5, 5.41) is 39.1. The summed E-state index contributed by atoms with van der Waals surface area (Å²) >= 11 is 2.04. The molecule has 33 heavy (non-hydrogen) atoms. The van der Waals surface area contributed by atoms with Crippen molar-refractivity contribution in [2.75, 3.05) is 13.1 Å². The van der Waals surface area contributed by atoms with Crippen LogP contribution in [0, 0.1) is 44.7 Å². The number of thioether (sulfide) groups is 1. The van der Waals surface area contributed by atoms with Gasteiger partial charge in [-0.2, -0.15) is 10.5 Å². The third kappa shape index (κ3) is 3.96. The molecule has 0 unspecified atom stereocenters. The largest absolute Gasteiger partial charge is 0.313 e. The molecule has 0 bridgehead atoms. The fraction of sp³-hybridized carbons (Fsp3) is 0.409. The molecule has 0 atom stereocenters. The fourth-order valence-corrected chi connectivity index (χ4v) is 5.54. The van der Waals surface area contributed by atoms with E-state index >= 15 is 4.39 Å². The van der Waals surface area contributed by atoms with Gasteiger partial charge in [0.15, 0.2) is 5.82 Å². The van der Waals surface area contributed by atoms with E-state index in [-0.39, 0.29) is 10.1 Å². The number of hydrogen-bond acceptors (Lipinski definition) is 9. The maximum atomic E-state index is 15.7. The maximum absolute atomic E-state index is 15.7. The van der Waals surface area contributed by atoms with Crippen molar-refractivity contribution < 1.29 is 4.39 Å². The van der Waals surface area contributed by atoms with E-state index in [1.807, 2.05) is 6.08 Å². The van der Waals surface area contributed by atoms with Crippen LogP contribution in [-0.4, -0.2) is 38.1 Å². The second-order valence-corrected chi connectivity index (χ2v) is 10.4. The molecule has 0 radical (unpaired) electrons. The number of hydrogen-bond donors (Lipinski definition) is 4. The summed E-state index contributed by atoms with van der Waals surface area (Å²) < 4.78 is 20.5. The number of nitrogens with zero attached hydrogens (tertiary/aromatic N) is 4. The molecule has 168 valence electrons. The van der Waals surface area contributed by atoms with Gasteiger partial charge in [-0.25, -0.2) is 14.1 Å². The summed E-state index contributed by atoms with van der Waals surface area (Å²) in [6, 6.07) is 4.43. The second kappa shape index (κ2) is 8.26. The van der Waals surface area contributed by atoms with Gasteiger partial charge < -0.3 is 5.32 Å². The number of imidazole rings is 1. The summed E-state index contributed by atoms with van der Waals surface area (Å²) in [7, 11) is 0. The molecule has 8 nitrogen and oxygen atoms in total. The monoisotopic (exact) mass is 480 g/mol. The SMILES string of the molecule is N#CC1(NSc2cn3c(C(=N)SC(=N)C4(C#N)CC4)cnc3c(C3=CCNCC3)c2F)CC1. The van der Waals surface area contributed by atoms with Crippen molar-refractivity contribution in [3.05, 3.63) is 35.5 Å². The Labute approximate surface area is 198 Å². The smallest absolute Gasteiger partial charge is 0.150 e. The number of aromatic nitrogens is 2. The topological polar surface area (TPSA) is 137 Å². The quantitative estimate of drug-likeness (QED) is 0.280. The van der Waals surface area contributed by atoms with E-state index < -0.39 is 16.8 Å². The lowest BCUT2D eigenvalue weighted by molar-refractivity contribution is 0.591. The highest BCUT2D eigenvalue weighted by molar-refractivity contribution is 8.26. The van der Waals surface area contributed by atoms with Gasteiger partial charge in [-0.15, -0.1) is 0 Å². The molecular weight excluding hydrogens is 459 g/mol. The van der Waals surface area contributed by atoms with Crippen LogP contribution in [0.1, 0.15) is 43.4 Å². The number of nitrogens with one attached hydrogen (secondary N) is 4. The van der Waals surface area contributed by atoms with Crippen LogP contribution < -0.4 is 10.0 Å². The summed E-state index contributed by atoms with van der Waals surface area (Å²) in [6.45, 7) is 1.37. The molecule has 2 fully saturated rings. The average Bonchev–Trinajstić information content (AvgIpc) is 3.75. The molecule has 2 aliphatic carbocycles. The molecule has 2 saturated carbocycles. The predicted octanol–water partition coefficient (Wildman–Crippen LogP) is 3.84. The lowest BCUT2D eigenvalue weighted by Gasteiger charge is -2.18. The van der Waals surface area contributed by atoms with E-state index in [0.717, 1.165) is 48.7 Å². The zero-order chi connectivity index (χ0) is 23.2. The maximum Gasteiger partial charge on any atom is 0.150 e. The first kappa shape index (κ1) is 22.1. The highest BCUT2D eigenvalue weighted by Gasteiger charge is 2.48. The Kier molecular flexibility index (Phi) is 5.53. The number of halogens is 1. The molecule has 0 aromatic carbocycles. The highest BCUT2D eigenvalue weighted by atomic mass is 32.2. The van der Waals surface area contributed by atoms with Crippen LogP contribution in [0.25, 0.3) is 11.2 Å². The molecule has 3 aliphatic rings. The Balaban J connectivity index is 1.54. The first-order valence-corrected chi connectivity index (χ1v) is 12.3. The first-order valence-electron chi connectivity index (χ1n) is 10.6. The minimum Gasteiger partial charge on any atom is -0.313 e. The summed E-state index contributed by atoms with van der Waals surface area (Å²) in [5.74, 6) is -0.396. The van der Waals surface area contributed by atoms with E-state index in [0.29, 0.717) is 47.6 Å². The van der Waals surface area contributed by atoms with E-state index in [4.69, 9.17) is 10.8 Å². The van der Waals surface area contributed by atoms with Gasteiger partial charge in [0.25, 0.3) is 0 Å². The molecule has 2 aromatic rings. The molecule has 11 heteroatoms. The van der Waals surface area contributed by atoms with Gasteiger partial charge in [0.2, 0.25) is 0 Å². The van der Waals surface area contributed by atoms with Crippen molar-refractivity contribution in [3.8, 4) is 12.1 Å². The summed E-state index contributed by atoms with van der Waals surface area (Å²) in [4.78, 5) is 4.77. The minimum absolute atomic E-state index is 0.0884. The Bertz CT molecular complexity index is 1290. The number of pyridine rings is 1. The van der Waals surface area contributed by atoms with Crippen LogP contribution in [0.15, 0.2) is 23.4 Å². The zero-order valence-corrected chi connectivity index (χ0v) is 19.3. The molecule has 5 rings (SSSR count). The average molecular weight is 481 g/mol. The molecule has 4 N–H and O–H groups in total. The van der Waals surface area contributed by atoms with Gasteiger partial charge in [-0.3, -0.25) is 15.2 Å². The van der Waals surface area contributed by atoms with Gasteiger partial charge in [-0.1, -0.05) is 17.8 Å². The van der Waals surface area contributed by atoms with Crippen molar-refractivity contribution in [1.29, 1.82) is 21.3 Å². The fourth-order valence-electron chi connectivity index (χ4n) is 3.73. The van der Waals surface area contributed by atoms with Crippen LogP contribution in [-0.2, 0) is 0 Å². The van der Waals surface area contributed by atoms with Crippen molar-refractivity contribution in [1.82, 2.24) is 19.4 Å². The number of nitriles is 2. The van der Waals surface area contributed by atoms with Crippen molar-refractivity contribution in [2.45, 2.75) is 42.5 Å². The van der Waals surface area contributed by atoms with Gasteiger partial charge in [0.1, 0.15) is 21.6 Å². The van der Waals surface area contributed by atoms with Gasteiger partial charge in [0.05, 0.1) is 39.5 Å². The highest BCUT2D eigenvalue weighted by Crippen LogP contribution is 2.49. The van der Waals surface area contributed by atoms with Crippen LogP contribution in [0.2, 0.25) is 0 Å². The van der Waals surface area contributed by atoms with Crippen LogP contribution in [0.5, 0.6) is 0 Å². The second-order valence-electron chi connectivity index (χ2n) is 8.56. The lowest BCUT2D eigenvalue weighted by atomic mass is 10.0. The zero-order valence-electron chi connectivity index (χ0n) is 17.7. The van der Waals surface area contributed by atoms with Crippen molar-refractivity contribution >= 4 is 45.0 Å². The molecule has 0 saturated heterocycles. The van der Waals surface area contributed by atoms with E-state index in [1.165, 1.54) is 6.20 Å². The van der Waals surface area contributed by atoms with E-state index in [9.17, 15) is 10.5 Å². The number of fused-ring (bicyclic) bond motifs is 1. The molecule has 1 aliphatic heterocycles. The number of rotatable bonds is 6. The van der Waals surface area contributed by atoms with Gasteiger partial charge >= 0.3 is 0 Å². The standard InChI is InChI=1S/C22H21FN8S2/c23-17-15(33-30-22(12-25)5-6-22)10-31-14(18(26)32-20(27)21(11-24)3-4-21)9-29-19(31)16(17)13-1-7-28-8-2-13/h1,9-10,26-28,30H,2-8H2. The predicted molar refractivity (Wildman–Crippen MR) is 127 cm³/mol. The first-order chi connectivity index (χ1) is 15.9. The van der Waals surface area contributed by atoms with Gasteiger partial charge in [-0.05, 0) is 56.2 Å². The Morgan fingerprint density at radius 3 is 2.64 bits per heavy atom. The third-order valence-corrected chi connectivity index (χ3v) is 8.25. The molecule has 0 amide bonds. The van der Waals surface area contributed by atoms with E-state index in [2.05, 4.69) is 27.2 Å². The lowest BCUT2D eigenvalue weighted by Crippen LogP contribution is -2.23. The van der Waals surface area contributed by atoms with E-state index in [1.54, 1.807) is 10.6 Å². The Morgan fingerprint density at radius 1 is 1.24 bits per heavy atom. The Morgan fingerprint density at radius 2 is 2.03 bits per heavy atom. The molecule has 0 spiro atoms. The third-order valence-electron chi connectivity index (χ3n) is 6.24. The molecule has 2 aromatic heterocycles. The Hall–Kier alpha value is -2.70. The minimum atomic E-state index is -0.768. The van der Waals surface area contributed by atoms with Crippen LogP contribution >= 0.6 is 23.7 Å². The summed E-state index contributed by atoms with van der Waals surface area (Å²) in [5.41, 5.74) is 0.721. The van der Waals surface area contributed by atoms with Crippen molar-refractivity contribution in [2.24, 2.45) is 5.41 Å². The molecule has 3 heterocycles. The van der Waals surface area contributed by atoms with Crippen LogP contribution in [0.4, 0.5) is 4.39 Å².